The van der Waals surface area contributed by atoms with Crippen LogP contribution in [0, 0.1) is 0 Å². The first-order valence-electron chi connectivity index (χ1n) is 7.64. The zero-order valence-electron chi connectivity index (χ0n) is 13.8. The van der Waals surface area contributed by atoms with E-state index >= 15 is 0 Å². The Balaban J connectivity index is 2.61. The molecule has 0 saturated carbocycles. The van der Waals surface area contributed by atoms with Crippen LogP contribution in [0.5, 0.6) is 0 Å². The predicted octanol–water partition coefficient (Wildman–Crippen LogP) is 2.61. The van der Waals surface area contributed by atoms with E-state index in [4.69, 9.17) is 0 Å². The lowest BCUT2D eigenvalue weighted by atomic mass is 10.1. The summed E-state index contributed by atoms with van der Waals surface area (Å²) in [5, 5.41) is 3.57. The number of nitrogens with zero attached hydrogens (tertiary/aromatic N) is 2. The van der Waals surface area contributed by atoms with Crippen LogP contribution in [0.25, 0.3) is 0 Å². The molecule has 0 spiro atoms. The van der Waals surface area contributed by atoms with Crippen LogP contribution in [0.2, 0.25) is 0 Å². The molecule has 1 aromatic rings. The maximum Gasteiger partial charge on any atom is 0.0469 e. The van der Waals surface area contributed by atoms with Gasteiger partial charge in [-0.15, -0.1) is 0 Å². The van der Waals surface area contributed by atoms with Gasteiger partial charge < -0.3 is 10.2 Å². The lowest BCUT2D eigenvalue weighted by molar-refractivity contribution is 0.222. The molecule has 0 bridgehead atoms. The van der Waals surface area contributed by atoms with E-state index in [0.29, 0.717) is 12.1 Å². The SMILES string of the molecule is CC(C)NCC(c1ccccc1)N(C)CCCN(C)C. The van der Waals surface area contributed by atoms with E-state index in [0.717, 1.165) is 19.6 Å². The van der Waals surface area contributed by atoms with E-state index in [2.05, 4.69) is 80.4 Å². The van der Waals surface area contributed by atoms with Crippen LogP contribution >= 0.6 is 0 Å². The van der Waals surface area contributed by atoms with E-state index in [1.807, 2.05) is 0 Å². The molecule has 0 radical (unpaired) electrons. The number of rotatable bonds is 9. The molecule has 0 aliphatic carbocycles. The van der Waals surface area contributed by atoms with Crippen LogP contribution in [0.4, 0.5) is 0 Å². The highest BCUT2D eigenvalue weighted by atomic mass is 15.2. The quantitative estimate of drug-likeness (QED) is 0.748. The van der Waals surface area contributed by atoms with Gasteiger partial charge in [0.25, 0.3) is 0 Å². The van der Waals surface area contributed by atoms with Crippen molar-refractivity contribution in [2.24, 2.45) is 0 Å². The molecule has 1 rings (SSSR count). The Bertz CT molecular complexity index is 349. The van der Waals surface area contributed by atoms with E-state index in [1.165, 1.54) is 12.0 Å². The third-order valence-electron chi connectivity index (χ3n) is 3.55. The fourth-order valence-electron chi connectivity index (χ4n) is 2.34. The molecule has 0 amide bonds. The van der Waals surface area contributed by atoms with Gasteiger partial charge in [-0.2, -0.15) is 0 Å². The Labute approximate surface area is 125 Å². The number of likely N-dealkylation sites (N-methyl/N-ethyl adjacent to an activating group) is 1. The predicted molar refractivity (Wildman–Crippen MR) is 88.1 cm³/mol. The molecule has 114 valence electrons. The fourth-order valence-corrected chi connectivity index (χ4v) is 2.34. The van der Waals surface area contributed by atoms with E-state index in [1.54, 1.807) is 0 Å². The minimum absolute atomic E-state index is 0.445. The summed E-state index contributed by atoms with van der Waals surface area (Å²) < 4.78 is 0. The van der Waals surface area contributed by atoms with Gasteiger partial charge in [-0.1, -0.05) is 44.2 Å². The summed E-state index contributed by atoms with van der Waals surface area (Å²) in [4.78, 5) is 4.71. The molecule has 0 aliphatic rings. The van der Waals surface area contributed by atoms with Crippen molar-refractivity contribution in [2.45, 2.75) is 32.4 Å². The van der Waals surface area contributed by atoms with Crippen molar-refractivity contribution >= 4 is 0 Å². The lowest BCUT2D eigenvalue weighted by Crippen LogP contribution is -2.37. The van der Waals surface area contributed by atoms with E-state index in [9.17, 15) is 0 Å². The average Bonchev–Trinajstić information content (AvgIpc) is 2.39. The average molecular weight is 277 g/mol. The van der Waals surface area contributed by atoms with Gasteiger partial charge in [-0.25, -0.2) is 0 Å². The van der Waals surface area contributed by atoms with Crippen LogP contribution < -0.4 is 5.32 Å². The summed E-state index contributed by atoms with van der Waals surface area (Å²) in [5.74, 6) is 0. The second kappa shape index (κ2) is 9.11. The molecule has 1 N–H and O–H groups in total. The monoisotopic (exact) mass is 277 g/mol. The van der Waals surface area contributed by atoms with Crippen molar-refractivity contribution in [1.82, 2.24) is 15.1 Å². The molecule has 1 aromatic carbocycles. The molecule has 0 fully saturated rings. The third kappa shape index (κ3) is 6.51. The number of hydrogen-bond acceptors (Lipinski definition) is 3. The van der Waals surface area contributed by atoms with Crippen molar-refractivity contribution in [3.05, 3.63) is 35.9 Å². The van der Waals surface area contributed by atoms with Gasteiger partial charge in [-0.05, 0) is 46.2 Å². The second-order valence-electron chi connectivity index (χ2n) is 6.13. The summed E-state index contributed by atoms with van der Waals surface area (Å²) in [6.07, 6.45) is 1.20. The summed E-state index contributed by atoms with van der Waals surface area (Å²) in [5.41, 5.74) is 1.40. The first-order valence-corrected chi connectivity index (χ1v) is 7.64. The highest BCUT2D eigenvalue weighted by Gasteiger charge is 2.16. The van der Waals surface area contributed by atoms with Crippen molar-refractivity contribution in [3.8, 4) is 0 Å². The largest absolute Gasteiger partial charge is 0.313 e. The van der Waals surface area contributed by atoms with Crippen LogP contribution in [0.15, 0.2) is 30.3 Å². The molecule has 0 aromatic heterocycles. The normalized spacial score (nSPS) is 13.4. The van der Waals surface area contributed by atoms with Gasteiger partial charge in [0.05, 0.1) is 0 Å². The minimum atomic E-state index is 0.445. The second-order valence-corrected chi connectivity index (χ2v) is 6.13. The van der Waals surface area contributed by atoms with Crippen LogP contribution in [0.3, 0.4) is 0 Å². The first kappa shape index (κ1) is 17.2. The molecule has 0 aliphatic heterocycles. The minimum Gasteiger partial charge on any atom is -0.313 e. The molecule has 3 heteroatoms. The third-order valence-corrected chi connectivity index (χ3v) is 3.55. The van der Waals surface area contributed by atoms with Gasteiger partial charge in [0.2, 0.25) is 0 Å². The van der Waals surface area contributed by atoms with Crippen molar-refractivity contribution < 1.29 is 0 Å². The molecular formula is C17H31N3. The van der Waals surface area contributed by atoms with Crippen molar-refractivity contribution in [2.75, 3.05) is 40.8 Å². The van der Waals surface area contributed by atoms with Crippen LogP contribution in [0.1, 0.15) is 31.9 Å². The summed E-state index contributed by atoms with van der Waals surface area (Å²) in [6, 6.07) is 11.8. The molecular weight excluding hydrogens is 246 g/mol. The van der Waals surface area contributed by atoms with Gasteiger partial charge in [-0.3, -0.25) is 4.90 Å². The van der Waals surface area contributed by atoms with Crippen LogP contribution in [-0.2, 0) is 0 Å². The standard InChI is InChI=1S/C17H31N3/c1-15(2)18-14-17(16-10-7-6-8-11-16)20(5)13-9-12-19(3)4/h6-8,10-11,15,17-18H,9,12-14H2,1-5H3. The zero-order valence-corrected chi connectivity index (χ0v) is 13.8. The molecule has 3 nitrogen and oxygen atoms in total. The first-order chi connectivity index (χ1) is 9.50. The van der Waals surface area contributed by atoms with Gasteiger partial charge in [0.1, 0.15) is 0 Å². The van der Waals surface area contributed by atoms with E-state index in [-0.39, 0.29) is 0 Å². The van der Waals surface area contributed by atoms with Gasteiger partial charge >= 0.3 is 0 Å². The molecule has 0 saturated heterocycles. The maximum atomic E-state index is 3.57. The summed E-state index contributed by atoms with van der Waals surface area (Å²) in [6.45, 7) is 7.67. The highest BCUT2D eigenvalue weighted by molar-refractivity contribution is 5.19. The van der Waals surface area contributed by atoms with Gasteiger partial charge in [0.15, 0.2) is 0 Å². The Kier molecular flexibility index (Phi) is 7.82. The number of benzene rings is 1. The summed E-state index contributed by atoms with van der Waals surface area (Å²) in [7, 11) is 6.50. The Morgan fingerprint density at radius 2 is 1.65 bits per heavy atom. The zero-order chi connectivity index (χ0) is 15.0. The maximum absolute atomic E-state index is 3.57. The Morgan fingerprint density at radius 1 is 1.00 bits per heavy atom. The van der Waals surface area contributed by atoms with Crippen molar-refractivity contribution in [3.63, 3.8) is 0 Å². The molecule has 0 heterocycles. The van der Waals surface area contributed by atoms with Crippen molar-refractivity contribution in [1.29, 1.82) is 0 Å². The van der Waals surface area contributed by atoms with Crippen LogP contribution in [-0.4, -0.2) is 56.6 Å². The molecule has 20 heavy (non-hydrogen) atoms. The summed E-state index contributed by atoms with van der Waals surface area (Å²) >= 11 is 0. The Hall–Kier alpha value is -0.900. The lowest BCUT2D eigenvalue weighted by Gasteiger charge is -2.30. The van der Waals surface area contributed by atoms with Gasteiger partial charge in [0, 0.05) is 18.6 Å². The highest BCUT2D eigenvalue weighted by Crippen LogP contribution is 2.18. The number of hydrogen-bond donors (Lipinski definition) is 1. The Morgan fingerprint density at radius 3 is 2.20 bits per heavy atom. The topological polar surface area (TPSA) is 18.5 Å². The smallest absolute Gasteiger partial charge is 0.0469 e. The fraction of sp³-hybridized carbons (Fsp3) is 0.647. The molecule has 1 atom stereocenters. The van der Waals surface area contributed by atoms with E-state index < -0.39 is 0 Å². The molecule has 1 unspecified atom stereocenters. The number of nitrogens with one attached hydrogen (secondary N) is 1.